The summed E-state index contributed by atoms with van der Waals surface area (Å²) in [6.07, 6.45) is 11.2. The fraction of sp³-hybridized carbons (Fsp3) is 0.933. The Bertz CT molecular complexity index is 328. The molecule has 1 N–H and O–H groups in total. The first-order valence-corrected chi connectivity index (χ1v) is 7.60. The van der Waals surface area contributed by atoms with Gasteiger partial charge in [-0.2, -0.15) is 5.26 Å². The van der Waals surface area contributed by atoms with E-state index in [0.29, 0.717) is 12.1 Å². The smallest absolute Gasteiger partial charge is 0.109 e. The van der Waals surface area contributed by atoms with Crippen LogP contribution in [-0.2, 0) is 4.74 Å². The van der Waals surface area contributed by atoms with Crippen LogP contribution in [0.1, 0.15) is 57.8 Å². The van der Waals surface area contributed by atoms with Gasteiger partial charge >= 0.3 is 0 Å². The van der Waals surface area contributed by atoms with E-state index in [1.165, 1.54) is 38.5 Å². The molecule has 0 radical (unpaired) electrons. The van der Waals surface area contributed by atoms with E-state index in [9.17, 15) is 5.26 Å². The van der Waals surface area contributed by atoms with Gasteiger partial charge in [-0.3, -0.25) is 5.32 Å². The van der Waals surface area contributed by atoms with Crippen molar-refractivity contribution in [1.29, 1.82) is 5.26 Å². The monoisotopic (exact) mass is 248 g/mol. The third-order valence-corrected chi connectivity index (χ3v) is 4.78. The highest BCUT2D eigenvalue weighted by molar-refractivity contribution is 5.14. The van der Waals surface area contributed by atoms with E-state index in [4.69, 9.17) is 4.74 Å². The lowest BCUT2D eigenvalue weighted by atomic mass is 9.99. The Balaban J connectivity index is 1.45. The van der Waals surface area contributed by atoms with Gasteiger partial charge in [0, 0.05) is 19.1 Å². The number of rotatable bonds is 5. The van der Waals surface area contributed by atoms with Crippen molar-refractivity contribution in [3.63, 3.8) is 0 Å². The summed E-state index contributed by atoms with van der Waals surface area (Å²) in [6.45, 7) is 0.926. The highest BCUT2D eigenvalue weighted by atomic mass is 16.5. The molecular weight excluding hydrogens is 224 g/mol. The van der Waals surface area contributed by atoms with E-state index in [1.54, 1.807) is 0 Å². The summed E-state index contributed by atoms with van der Waals surface area (Å²) in [7, 11) is 0. The van der Waals surface area contributed by atoms with Crippen LogP contribution in [0.3, 0.4) is 0 Å². The molecule has 3 fully saturated rings. The second kappa shape index (κ2) is 5.19. The van der Waals surface area contributed by atoms with Crippen molar-refractivity contribution in [3.8, 4) is 6.07 Å². The van der Waals surface area contributed by atoms with E-state index in [-0.39, 0.29) is 5.54 Å². The van der Waals surface area contributed by atoms with E-state index in [1.807, 2.05) is 0 Å². The summed E-state index contributed by atoms with van der Waals surface area (Å²) in [5, 5.41) is 13.0. The summed E-state index contributed by atoms with van der Waals surface area (Å²) in [6, 6.07) is 3.13. The number of hydrogen-bond donors (Lipinski definition) is 1. The molecule has 0 saturated heterocycles. The van der Waals surface area contributed by atoms with Crippen LogP contribution < -0.4 is 5.32 Å². The van der Waals surface area contributed by atoms with E-state index in [2.05, 4.69) is 11.4 Å². The maximum atomic E-state index is 9.42. The average Bonchev–Trinajstić information content (AvgIpc) is 2.91. The Labute approximate surface area is 110 Å². The number of ether oxygens (including phenoxy) is 1. The fourth-order valence-corrected chi connectivity index (χ4v) is 3.47. The van der Waals surface area contributed by atoms with Gasteiger partial charge in [0.1, 0.15) is 5.54 Å². The summed E-state index contributed by atoms with van der Waals surface area (Å²) in [5.74, 6) is 0.790. The third-order valence-electron chi connectivity index (χ3n) is 4.78. The van der Waals surface area contributed by atoms with Crippen LogP contribution in [0.15, 0.2) is 0 Å². The van der Waals surface area contributed by atoms with Crippen molar-refractivity contribution >= 4 is 0 Å². The second-order valence-corrected chi connectivity index (χ2v) is 6.46. The first kappa shape index (κ1) is 12.4. The van der Waals surface area contributed by atoms with Crippen LogP contribution in [-0.4, -0.2) is 24.3 Å². The Morgan fingerprint density at radius 3 is 2.61 bits per heavy atom. The van der Waals surface area contributed by atoms with Gasteiger partial charge < -0.3 is 4.74 Å². The number of nitrogens with zero attached hydrogens (tertiary/aromatic N) is 1. The zero-order valence-electron chi connectivity index (χ0n) is 11.2. The molecule has 3 aliphatic rings. The summed E-state index contributed by atoms with van der Waals surface area (Å²) >= 11 is 0. The van der Waals surface area contributed by atoms with Crippen molar-refractivity contribution in [3.05, 3.63) is 0 Å². The Morgan fingerprint density at radius 2 is 1.94 bits per heavy atom. The molecule has 0 aromatic rings. The fourth-order valence-electron chi connectivity index (χ4n) is 3.47. The molecular formula is C15H24N2O. The van der Waals surface area contributed by atoms with Gasteiger partial charge in [-0.1, -0.05) is 12.8 Å². The Morgan fingerprint density at radius 1 is 1.17 bits per heavy atom. The van der Waals surface area contributed by atoms with Crippen molar-refractivity contribution in [1.82, 2.24) is 5.32 Å². The highest BCUT2D eigenvalue weighted by Gasteiger charge is 2.43. The van der Waals surface area contributed by atoms with Crippen LogP contribution in [0, 0.1) is 17.2 Å². The lowest BCUT2D eigenvalue weighted by molar-refractivity contribution is 0.0317. The molecule has 2 atom stereocenters. The van der Waals surface area contributed by atoms with Crippen LogP contribution in [0.4, 0.5) is 0 Å². The molecule has 3 nitrogen and oxygen atoms in total. The second-order valence-electron chi connectivity index (χ2n) is 6.46. The summed E-state index contributed by atoms with van der Waals surface area (Å²) < 4.78 is 6.05. The third kappa shape index (κ3) is 2.87. The number of hydrogen-bond acceptors (Lipinski definition) is 3. The summed E-state index contributed by atoms with van der Waals surface area (Å²) in [4.78, 5) is 0. The van der Waals surface area contributed by atoms with Crippen LogP contribution in [0.5, 0.6) is 0 Å². The first-order chi connectivity index (χ1) is 8.80. The minimum Gasteiger partial charge on any atom is -0.378 e. The molecule has 0 aliphatic heterocycles. The Hall–Kier alpha value is -0.590. The molecule has 0 aromatic carbocycles. The van der Waals surface area contributed by atoms with Crippen molar-refractivity contribution < 1.29 is 4.74 Å². The molecule has 100 valence electrons. The standard InChI is InChI=1S/C15H24N2O/c16-11-15(17-13-5-6-13)8-7-14(9-15)18-10-12-3-1-2-4-12/h12-14,17H,1-10H2. The zero-order chi connectivity index (χ0) is 12.4. The Kier molecular flexibility index (Phi) is 3.59. The molecule has 3 rings (SSSR count). The molecule has 0 bridgehead atoms. The van der Waals surface area contributed by atoms with Crippen molar-refractivity contribution in [2.45, 2.75) is 75.5 Å². The predicted octanol–water partition coefficient (Wildman–Crippen LogP) is 2.76. The lowest BCUT2D eigenvalue weighted by Crippen LogP contribution is -2.43. The van der Waals surface area contributed by atoms with Crippen LogP contribution >= 0.6 is 0 Å². The topological polar surface area (TPSA) is 45.0 Å². The van der Waals surface area contributed by atoms with Gasteiger partial charge in [-0.25, -0.2) is 0 Å². The largest absolute Gasteiger partial charge is 0.378 e. The highest BCUT2D eigenvalue weighted by Crippen LogP contribution is 2.36. The molecule has 0 spiro atoms. The van der Waals surface area contributed by atoms with Gasteiger partial charge in [-0.05, 0) is 44.4 Å². The summed E-state index contributed by atoms with van der Waals surface area (Å²) in [5.41, 5.74) is -0.276. The molecule has 3 saturated carbocycles. The van der Waals surface area contributed by atoms with Gasteiger partial charge in [0.2, 0.25) is 0 Å². The van der Waals surface area contributed by atoms with E-state index in [0.717, 1.165) is 31.8 Å². The van der Waals surface area contributed by atoms with Gasteiger partial charge in [0.05, 0.1) is 12.2 Å². The quantitative estimate of drug-likeness (QED) is 0.813. The molecule has 3 heteroatoms. The molecule has 0 amide bonds. The van der Waals surface area contributed by atoms with Crippen LogP contribution in [0.2, 0.25) is 0 Å². The number of nitrogens with one attached hydrogen (secondary N) is 1. The van der Waals surface area contributed by atoms with Gasteiger partial charge in [0.15, 0.2) is 0 Å². The average molecular weight is 248 g/mol. The number of nitriles is 1. The zero-order valence-corrected chi connectivity index (χ0v) is 11.2. The van der Waals surface area contributed by atoms with Crippen LogP contribution in [0.25, 0.3) is 0 Å². The van der Waals surface area contributed by atoms with Gasteiger partial charge in [-0.15, -0.1) is 0 Å². The predicted molar refractivity (Wildman–Crippen MR) is 70.1 cm³/mol. The van der Waals surface area contributed by atoms with E-state index < -0.39 is 0 Å². The molecule has 0 heterocycles. The molecule has 2 unspecified atom stereocenters. The molecule has 3 aliphatic carbocycles. The maximum Gasteiger partial charge on any atom is 0.109 e. The maximum absolute atomic E-state index is 9.42. The van der Waals surface area contributed by atoms with Crippen molar-refractivity contribution in [2.24, 2.45) is 5.92 Å². The minimum absolute atomic E-state index is 0.276. The van der Waals surface area contributed by atoms with Gasteiger partial charge in [0.25, 0.3) is 0 Å². The SMILES string of the molecule is N#CC1(NC2CC2)CCC(OCC2CCCC2)C1. The van der Waals surface area contributed by atoms with E-state index >= 15 is 0 Å². The van der Waals surface area contributed by atoms with Crippen molar-refractivity contribution in [2.75, 3.05) is 6.61 Å². The lowest BCUT2D eigenvalue weighted by Gasteiger charge is -2.23. The molecule has 0 aromatic heterocycles. The first-order valence-electron chi connectivity index (χ1n) is 7.60. The minimum atomic E-state index is -0.276. The normalized spacial score (nSPS) is 36.9. The molecule has 18 heavy (non-hydrogen) atoms.